The molecule has 0 aromatic heterocycles. The zero-order valence-corrected chi connectivity index (χ0v) is 24.9. The lowest BCUT2D eigenvalue weighted by atomic mass is 10.0. The zero-order chi connectivity index (χ0) is 32.9. The summed E-state index contributed by atoms with van der Waals surface area (Å²) in [5.41, 5.74) is -0.829. The topological polar surface area (TPSA) is 87.9 Å². The van der Waals surface area contributed by atoms with Crippen molar-refractivity contribution in [1.82, 2.24) is 0 Å². The van der Waals surface area contributed by atoms with Crippen molar-refractivity contribution in [1.29, 1.82) is 0 Å². The van der Waals surface area contributed by atoms with Crippen LogP contribution in [-0.4, -0.2) is 17.1 Å². The minimum atomic E-state index is -4.74. The van der Waals surface area contributed by atoms with Crippen LogP contribution in [0.25, 0.3) is 0 Å². The van der Waals surface area contributed by atoms with Crippen LogP contribution < -0.4 is 9.47 Å². The molecule has 0 N–H and O–H groups in total. The van der Waals surface area contributed by atoms with Crippen molar-refractivity contribution in [2.75, 3.05) is 6.26 Å². The summed E-state index contributed by atoms with van der Waals surface area (Å²) in [6.07, 6.45) is 3.35. The van der Waals surface area contributed by atoms with Crippen molar-refractivity contribution in [2.45, 2.75) is 22.4 Å². The highest BCUT2D eigenvalue weighted by atomic mass is 32.3. The lowest BCUT2D eigenvalue weighted by Gasteiger charge is -2.36. The second-order valence-corrected chi connectivity index (χ2v) is 12.8. The molecule has 1 aliphatic carbocycles. The van der Waals surface area contributed by atoms with E-state index in [4.69, 9.17) is 13.7 Å². The third-order valence-corrected chi connectivity index (χ3v) is 9.67. The highest BCUT2D eigenvalue weighted by Crippen LogP contribution is 2.60. The second kappa shape index (κ2) is 13.3. The summed E-state index contributed by atoms with van der Waals surface area (Å²) in [5, 5.41) is 11.7. The van der Waals surface area contributed by atoms with Gasteiger partial charge in [0.2, 0.25) is 5.75 Å². The van der Waals surface area contributed by atoms with E-state index in [1.165, 1.54) is 6.26 Å². The van der Waals surface area contributed by atoms with Crippen molar-refractivity contribution in [3.63, 3.8) is 0 Å². The van der Waals surface area contributed by atoms with Gasteiger partial charge in [-0.1, -0.05) is 54.6 Å². The number of benzene rings is 4. The molecule has 236 valence electrons. The molecule has 0 amide bonds. The maximum Gasteiger partial charge on any atom is 0.416 e. The number of nitro benzene ring substituents is 1. The van der Waals surface area contributed by atoms with E-state index in [1.807, 2.05) is 66.9 Å². The maximum absolute atomic E-state index is 14.3. The smallest absolute Gasteiger partial charge is 0.416 e. The van der Waals surface area contributed by atoms with Gasteiger partial charge in [-0.05, 0) is 64.4 Å². The molecular weight excluding hydrogens is 626 g/mol. The molecule has 0 saturated carbocycles. The fraction of sp³-hybridized carbons (Fsp3) is 0.0882. The Morgan fingerprint density at radius 2 is 1.57 bits per heavy atom. The van der Waals surface area contributed by atoms with E-state index in [0.29, 0.717) is 17.2 Å². The average Bonchev–Trinajstić information content (AvgIpc) is 3.05. The zero-order valence-electron chi connectivity index (χ0n) is 24.1. The number of nitrogens with zero attached hydrogens (tertiary/aromatic N) is 1. The summed E-state index contributed by atoms with van der Waals surface area (Å²) in [6, 6.07) is 23.9. The predicted octanol–water partition coefficient (Wildman–Crippen LogP) is 9.70. The molecule has 46 heavy (non-hydrogen) atoms. The SMILES string of the molecule is CS(OC(=O)C1=CC=CC(=COc2cc(Oc3ccc(C(F)(F)F)cc3F)ccc2[N+](=O)[O-])C1)(c1ccccc1)c1ccccc1. The number of nitro groups is 1. The van der Waals surface area contributed by atoms with E-state index in [0.717, 1.165) is 34.1 Å². The highest BCUT2D eigenvalue weighted by molar-refractivity contribution is 8.29. The van der Waals surface area contributed by atoms with Crippen LogP contribution in [0.15, 0.2) is 142 Å². The van der Waals surface area contributed by atoms with E-state index in [2.05, 4.69) is 0 Å². The van der Waals surface area contributed by atoms with E-state index in [1.54, 1.807) is 18.2 Å². The Bertz CT molecular complexity index is 1820. The van der Waals surface area contributed by atoms with E-state index in [9.17, 15) is 32.5 Å². The van der Waals surface area contributed by atoms with Crippen LogP contribution in [0.3, 0.4) is 0 Å². The molecule has 0 bridgehead atoms. The Morgan fingerprint density at radius 3 is 2.15 bits per heavy atom. The fourth-order valence-electron chi connectivity index (χ4n) is 4.47. The van der Waals surface area contributed by atoms with Gasteiger partial charge in [0.1, 0.15) is 5.75 Å². The summed E-state index contributed by atoms with van der Waals surface area (Å²) >= 11 is 0. The summed E-state index contributed by atoms with van der Waals surface area (Å²) in [6.45, 7) is 0. The van der Waals surface area contributed by atoms with Crippen molar-refractivity contribution in [3.05, 3.63) is 154 Å². The summed E-state index contributed by atoms with van der Waals surface area (Å²) in [4.78, 5) is 26.1. The largest absolute Gasteiger partial charge is 0.457 e. The van der Waals surface area contributed by atoms with Crippen LogP contribution >= 0.6 is 10.3 Å². The first-order chi connectivity index (χ1) is 21.9. The van der Waals surface area contributed by atoms with Gasteiger partial charge >= 0.3 is 17.8 Å². The second-order valence-electron chi connectivity index (χ2n) is 10.0. The Kier molecular flexibility index (Phi) is 9.28. The molecule has 12 heteroatoms. The monoisotopic (exact) mass is 651 g/mol. The molecule has 0 unspecified atom stereocenters. The summed E-state index contributed by atoms with van der Waals surface area (Å²) in [7, 11) is -2.21. The third kappa shape index (κ3) is 7.29. The lowest BCUT2D eigenvalue weighted by Crippen LogP contribution is -2.15. The van der Waals surface area contributed by atoms with E-state index < -0.39 is 50.2 Å². The molecule has 0 saturated heterocycles. The number of hydrogen-bond acceptors (Lipinski definition) is 6. The van der Waals surface area contributed by atoms with Crippen molar-refractivity contribution >= 4 is 22.0 Å². The minimum absolute atomic E-state index is 0.0924. The van der Waals surface area contributed by atoms with Gasteiger partial charge in [0.05, 0.1) is 16.7 Å². The number of allylic oxidation sites excluding steroid dienone is 4. The van der Waals surface area contributed by atoms with Crippen LogP contribution in [0.4, 0.5) is 23.2 Å². The number of hydrogen-bond donors (Lipinski definition) is 0. The summed E-state index contributed by atoms with van der Waals surface area (Å²) in [5.74, 6) is -2.73. The molecule has 0 fully saturated rings. The Balaban J connectivity index is 1.33. The van der Waals surface area contributed by atoms with Gasteiger partial charge in [-0.3, -0.25) is 10.1 Å². The van der Waals surface area contributed by atoms with E-state index in [-0.39, 0.29) is 24.0 Å². The van der Waals surface area contributed by atoms with Crippen molar-refractivity contribution in [2.24, 2.45) is 0 Å². The van der Waals surface area contributed by atoms with Gasteiger partial charge in [-0.2, -0.15) is 13.2 Å². The number of ether oxygens (including phenoxy) is 2. The van der Waals surface area contributed by atoms with Crippen LogP contribution in [0, 0.1) is 15.9 Å². The molecule has 5 rings (SSSR count). The van der Waals surface area contributed by atoms with Gasteiger partial charge in [0.25, 0.3) is 0 Å². The number of halogens is 4. The molecule has 0 aliphatic heterocycles. The van der Waals surface area contributed by atoms with Crippen molar-refractivity contribution in [3.8, 4) is 17.2 Å². The lowest BCUT2D eigenvalue weighted by molar-refractivity contribution is -0.385. The van der Waals surface area contributed by atoms with Gasteiger partial charge in [0.15, 0.2) is 11.6 Å². The van der Waals surface area contributed by atoms with E-state index >= 15 is 0 Å². The first-order valence-electron chi connectivity index (χ1n) is 13.6. The molecular formula is C34H25F4NO6S. The average molecular weight is 652 g/mol. The highest BCUT2D eigenvalue weighted by Gasteiger charge is 2.32. The number of alkyl halides is 3. The van der Waals surface area contributed by atoms with Gasteiger partial charge in [-0.25, -0.2) is 9.18 Å². The number of carbonyl (C=O) groups excluding carboxylic acids is 1. The Labute approximate surface area is 262 Å². The minimum Gasteiger partial charge on any atom is -0.457 e. The number of carbonyl (C=O) groups is 1. The Hall–Kier alpha value is -5.36. The molecule has 4 aromatic carbocycles. The normalized spacial score (nSPS) is 14.4. The molecule has 7 nitrogen and oxygen atoms in total. The Morgan fingerprint density at radius 1 is 0.913 bits per heavy atom. The van der Waals surface area contributed by atoms with Gasteiger partial charge in [0, 0.05) is 40.2 Å². The van der Waals surface area contributed by atoms with Gasteiger partial charge < -0.3 is 13.7 Å². The first-order valence-corrected chi connectivity index (χ1v) is 15.6. The molecule has 0 radical (unpaired) electrons. The molecule has 4 aromatic rings. The number of rotatable bonds is 9. The molecule has 0 atom stereocenters. The first kappa shape index (κ1) is 32.0. The molecule has 0 heterocycles. The van der Waals surface area contributed by atoms with Crippen LogP contribution in [-0.2, 0) is 15.2 Å². The van der Waals surface area contributed by atoms with Crippen LogP contribution in [0.2, 0.25) is 0 Å². The summed E-state index contributed by atoms with van der Waals surface area (Å²) < 4.78 is 70.2. The quantitative estimate of drug-likeness (QED) is 0.0775. The predicted molar refractivity (Wildman–Crippen MR) is 164 cm³/mol. The van der Waals surface area contributed by atoms with Crippen LogP contribution in [0.5, 0.6) is 17.2 Å². The standard InChI is InChI=1S/C34H25F4NO6S/c1-46(27-11-4-2-5-12-27,28-13-6-3-7-14-28)45-33(40)24-10-8-9-23(19-24)22-43-32-21-26(16-17-30(32)39(41)42)44-31-18-15-25(20-29(31)35)34(36,37)38/h2-18,20-22H,19H2,1H3. The van der Waals surface area contributed by atoms with Crippen molar-refractivity contribution < 1.29 is 40.9 Å². The molecule has 0 spiro atoms. The third-order valence-electron chi connectivity index (χ3n) is 6.85. The fourth-order valence-corrected chi connectivity index (χ4v) is 6.70. The van der Waals surface area contributed by atoms with Crippen LogP contribution in [0.1, 0.15) is 12.0 Å². The van der Waals surface area contributed by atoms with Gasteiger partial charge in [-0.15, -0.1) is 0 Å². The maximum atomic E-state index is 14.3. The molecule has 1 aliphatic rings.